The summed E-state index contributed by atoms with van der Waals surface area (Å²) in [7, 11) is 0. The number of carbonyl (C=O) groups is 1. The second-order valence-corrected chi connectivity index (χ2v) is 5.23. The van der Waals surface area contributed by atoms with E-state index in [1.165, 1.54) is 0 Å². The summed E-state index contributed by atoms with van der Waals surface area (Å²) in [5.41, 5.74) is 3.80. The van der Waals surface area contributed by atoms with Crippen LogP contribution in [0.5, 0.6) is 0 Å². The summed E-state index contributed by atoms with van der Waals surface area (Å²) >= 11 is 0. The molecule has 21 heavy (non-hydrogen) atoms. The smallest absolute Gasteiger partial charge is 0.348 e. The zero-order valence-corrected chi connectivity index (χ0v) is 11.8. The van der Waals surface area contributed by atoms with Crippen molar-refractivity contribution in [1.29, 1.82) is 0 Å². The van der Waals surface area contributed by atoms with E-state index in [4.69, 9.17) is 5.73 Å². The highest BCUT2D eigenvalue weighted by Crippen LogP contribution is 2.30. The van der Waals surface area contributed by atoms with Gasteiger partial charge in [0.2, 0.25) is 0 Å². The lowest BCUT2D eigenvalue weighted by atomic mass is 10.0. The Morgan fingerprint density at radius 3 is 2.43 bits per heavy atom. The Kier molecular flexibility index (Phi) is 5.71. The van der Waals surface area contributed by atoms with Gasteiger partial charge in [-0.05, 0) is 30.5 Å². The average molecular weight is 306 g/mol. The lowest BCUT2D eigenvalue weighted by molar-refractivity contribution is -0.137. The first-order valence-electron chi connectivity index (χ1n) is 6.52. The summed E-state index contributed by atoms with van der Waals surface area (Å²) in [6, 6.07) is 1.33. The molecule has 1 aromatic rings. The topological polar surface area (TPSA) is 55.1 Å². The molecular weight excluding hydrogens is 288 g/mol. The third-order valence-electron chi connectivity index (χ3n) is 2.91. The Balaban J connectivity index is 2.96. The van der Waals surface area contributed by atoms with Gasteiger partial charge < -0.3 is 11.1 Å². The normalized spacial score (nSPS) is 13.3. The first kappa shape index (κ1) is 17.4. The molecule has 1 aromatic carbocycles. The van der Waals surface area contributed by atoms with E-state index in [0.29, 0.717) is 24.6 Å². The number of hydrogen-bond acceptors (Lipinski definition) is 2. The molecule has 1 amide bonds. The molecule has 0 saturated carbocycles. The van der Waals surface area contributed by atoms with Gasteiger partial charge in [0, 0.05) is 12.6 Å². The summed E-state index contributed by atoms with van der Waals surface area (Å²) < 4.78 is 51.3. The molecular formula is C14H18F4N2O. The lowest BCUT2D eigenvalue weighted by Crippen LogP contribution is -2.41. The molecule has 1 rings (SSSR count). The predicted molar refractivity (Wildman–Crippen MR) is 71.2 cm³/mol. The third-order valence-corrected chi connectivity index (χ3v) is 2.91. The van der Waals surface area contributed by atoms with Gasteiger partial charge in [0.05, 0.1) is 11.1 Å². The number of amides is 1. The molecule has 0 aliphatic carbocycles. The van der Waals surface area contributed by atoms with Crippen LogP contribution in [0.1, 0.15) is 36.2 Å². The van der Waals surface area contributed by atoms with Gasteiger partial charge in [0.1, 0.15) is 5.82 Å². The average Bonchev–Trinajstić information content (AvgIpc) is 2.36. The molecule has 0 aromatic heterocycles. The van der Waals surface area contributed by atoms with Gasteiger partial charge in [-0.2, -0.15) is 13.2 Å². The number of nitrogens with one attached hydrogen (secondary N) is 1. The van der Waals surface area contributed by atoms with Gasteiger partial charge >= 0.3 is 6.18 Å². The van der Waals surface area contributed by atoms with Crippen LogP contribution in [0.15, 0.2) is 18.2 Å². The molecule has 0 aliphatic heterocycles. The Morgan fingerprint density at radius 2 is 1.95 bits per heavy atom. The first-order valence-corrected chi connectivity index (χ1v) is 6.52. The number of halogens is 4. The first-order chi connectivity index (χ1) is 9.65. The van der Waals surface area contributed by atoms with Crippen LogP contribution in [0.2, 0.25) is 0 Å². The molecule has 3 N–H and O–H groups in total. The fourth-order valence-electron chi connectivity index (χ4n) is 1.92. The zero-order chi connectivity index (χ0) is 16.2. The Morgan fingerprint density at radius 1 is 1.33 bits per heavy atom. The zero-order valence-electron chi connectivity index (χ0n) is 11.8. The monoisotopic (exact) mass is 306 g/mol. The fourth-order valence-corrected chi connectivity index (χ4v) is 1.92. The lowest BCUT2D eigenvalue weighted by Gasteiger charge is -2.19. The van der Waals surface area contributed by atoms with Gasteiger partial charge in [-0.1, -0.05) is 13.8 Å². The van der Waals surface area contributed by atoms with E-state index in [9.17, 15) is 22.4 Å². The standard InChI is InChI=1S/C14H18F4N2O/c1-8(2)5-10(7-19)20-13(21)11-6-9(14(16,17)18)3-4-12(11)15/h3-4,6,8,10H,5,7,19H2,1-2H3,(H,20,21). The van der Waals surface area contributed by atoms with Gasteiger partial charge in [-0.15, -0.1) is 0 Å². The minimum atomic E-state index is -4.63. The van der Waals surface area contributed by atoms with Crippen LogP contribution in [0.4, 0.5) is 17.6 Å². The summed E-state index contributed by atoms with van der Waals surface area (Å²) in [6.45, 7) is 3.96. The molecule has 0 aliphatic rings. The maximum atomic E-state index is 13.6. The largest absolute Gasteiger partial charge is 0.416 e. The molecule has 0 radical (unpaired) electrons. The Hall–Kier alpha value is -1.63. The number of carbonyl (C=O) groups excluding carboxylic acids is 1. The molecule has 118 valence electrons. The Bertz CT molecular complexity index is 500. The van der Waals surface area contributed by atoms with Crippen molar-refractivity contribution in [2.24, 2.45) is 11.7 Å². The number of alkyl halides is 3. The quantitative estimate of drug-likeness (QED) is 0.822. The second-order valence-electron chi connectivity index (χ2n) is 5.23. The van der Waals surface area contributed by atoms with Gasteiger partial charge in [0.25, 0.3) is 5.91 Å². The summed E-state index contributed by atoms with van der Waals surface area (Å²) in [4.78, 5) is 11.9. The number of benzene rings is 1. The van der Waals surface area contributed by atoms with E-state index in [1.807, 2.05) is 13.8 Å². The van der Waals surface area contributed by atoms with Crippen molar-refractivity contribution in [1.82, 2.24) is 5.32 Å². The minimum Gasteiger partial charge on any atom is -0.348 e. The minimum absolute atomic E-state index is 0.129. The Labute approximate surface area is 120 Å². The van der Waals surface area contributed by atoms with Gasteiger partial charge in [-0.3, -0.25) is 4.79 Å². The molecule has 0 bridgehead atoms. The third kappa shape index (κ3) is 5.00. The molecule has 1 atom stereocenters. The summed E-state index contributed by atoms with van der Waals surface area (Å²) in [5, 5.41) is 2.46. The van der Waals surface area contributed by atoms with E-state index >= 15 is 0 Å². The second kappa shape index (κ2) is 6.89. The molecule has 0 heterocycles. The molecule has 3 nitrogen and oxygen atoms in total. The van der Waals surface area contributed by atoms with Crippen LogP contribution < -0.4 is 11.1 Å². The van der Waals surface area contributed by atoms with E-state index in [2.05, 4.69) is 5.32 Å². The SMILES string of the molecule is CC(C)CC(CN)NC(=O)c1cc(C(F)(F)F)ccc1F. The number of hydrogen-bond donors (Lipinski definition) is 2. The maximum Gasteiger partial charge on any atom is 0.416 e. The van der Waals surface area contributed by atoms with Crippen molar-refractivity contribution >= 4 is 5.91 Å². The maximum absolute atomic E-state index is 13.6. The van der Waals surface area contributed by atoms with Crippen molar-refractivity contribution in [2.75, 3.05) is 6.54 Å². The molecule has 0 fully saturated rings. The van der Waals surface area contributed by atoms with Gasteiger partial charge in [-0.25, -0.2) is 4.39 Å². The van der Waals surface area contributed by atoms with E-state index in [1.54, 1.807) is 0 Å². The highest BCUT2D eigenvalue weighted by atomic mass is 19.4. The van der Waals surface area contributed by atoms with Crippen LogP contribution in [0.3, 0.4) is 0 Å². The fraction of sp³-hybridized carbons (Fsp3) is 0.500. The molecule has 1 unspecified atom stereocenters. The van der Waals surface area contributed by atoms with E-state index < -0.39 is 35.1 Å². The van der Waals surface area contributed by atoms with Crippen LogP contribution in [0.25, 0.3) is 0 Å². The van der Waals surface area contributed by atoms with Crippen molar-refractivity contribution in [3.63, 3.8) is 0 Å². The van der Waals surface area contributed by atoms with Crippen molar-refractivity contribution < 1.29 is 22.4 Å². The van der Waals surface area contributed by atoms with Crippen LogP contribution in [-0.2, 0) is 6.18 Å². The predicted octanol–water partition coefficient (Wildman–Crippen LogP) is 2.95. The van der Waals surface area contributed by atoms with Crippen molar-refractivity contribution in [2.45, 2.75) is 32.5 Å². The molecule has 7 heteroatoms. The van der Waals surface area contributed by atoms with Gasteiger partial charge in [0.15, 0.2) is 0 Å². The van der Waals surface area contributed by atoms with Crippen molar-refractivity contribution in [3.8, 4) is 0 Å². The highest BCUT2D eigenvalue weighted by Gasteiger charge is 2.32. The summed E-state index contributed by atoms with van der Waals surface area (Å²) in [6.07, 6.45) is -4.07. The molecule has 0 spiro atoms. The number of rotatable bonds is 5. The van der Waals surface area contributed by atoms with E-state index in [0.717, 1.165) is 0 Å². The number of nitrogens with two attached hydrogens (primary N) is 1. The summed E-state index contributed by atoms with van der Waals surface area (Å²) in [5.74, 6) is -1.65. The van der Waals surface area contributed by atoms with Crippen molar-refractivity contribution in [3.05, 3.63) is 35.1 Å². The van der Waals surface area contributed by atoms with E-state index in [-0.39, 0.29) is 12.5 Å². The van der Waals surface area contributed by atoms with Crippen LogP contribution >= 0.6 is 0 Å². The molecule has 0 saturated heterocycles. The van der Waals surface area contributed by atoms with Crippen LogP contribution in [-0.4, -0.2) is 18.5 Å². The highest BCUT2D eigenvalue weighted by molar-refractivity contribution is 5.94. The van der Waals surface area contributed by atoms with Crippen LogP contribution in [0, 0.1) is 11.7 Å².